The van der Waals surface area contributed by atoms with Crippen LogP contribution in [0, 0.1) is 0 Å². The Kier molecular flexibility index (Phi) is 3.52. The van der Waals surface area contributed by atoms with Crippen molar-refractivity contribution in [2.75, 3.05) is 17.7 Å². The number of para-hydroxylation sites is 1. The lowest BCUT2D eigenvalue weighted by molar-refractivity contribution is 0.101. The van der Waals surface area contributed by atoms with E-state index in [2.05, 4.69) is 11.4 Å². The summed E-state index contributed by atoms with van der Waals surface area (Å²) in [6.07, 6.45) is 0.886. The van der Waals surface area contributed by atoms with Crippen LogP contribution in [-0.2, 0) is 0 Å². The summed E-state index contributed by atoms with van der Waals surface area (Å²) in [6, 6.07) is 13.7. The molecule has 108 valence electrons. The molecule has 4 nitrogen and oxygen atoms in total. The van der Waals surface area contributed by atoms with Crippen LogP contribution in [-0.4, -0.2) is 12.4 Å². The summed E-state index contributed by atoms with van der Waals surface area (Å²) in [5.41, 5.74) is 8.94. The Morgan fingerprint density at radius 3 is 2.90 bits per heavy atom. The van der Waals surface area contributed by atoms with Crippen molar-refractivity contribution in [2.24, 2.45) is 0 Å². The van der Waals surface area contributed by atoms with Crippen molar-refractivity contribution in [1.29, 1.82) is 0 Å². The standard InChI is InChI=1S/C17H18N2O2/c1-11(20)14-10-12(6-7-15(14)18)19-16-8-9-21-17-5-3-2-4-13(16)17/h2-7,10,16,19H,8-9,18H2,1H3. The number of ketones is 1. The number of ether oxygens (including phenoxy) is 1. The number of hydrogen-bond donors (Lipinski definition) is 2. The van der Waals surface area contributed by atoms with E-state index in [1.54, 1.807) is 6.07 Å². The van der Waals surface area contributed by atoms with Gasteiger partial charge in [0.2, 0.25) is 0 Å². The fourth-order valence-corrected chi connectivity index (χ4v) is 2.64. The van der Waals surface area contributed by atoms with Gasteiger partial charge in [0.05, 0.1) is 12.6 Å². The minimum absolute atomic E-state index is 0.0245. The van der Waals surface area contributed by atoms with Crippen LogP contribution in [0.2, 0.25) is 0 Å². The quantitative estimate of drug-likeness (QED) is 0.669. The molecule has 4 heteroatoms. The highest BCUT2D eigenvalue weighted by atomic mass is 16.5. The van der Waals surface area contributed by atoms with Gasteiger partial charge >= 0.3 is 0 Å². The van der Waals surface area contributed by atoms with Gasteiger partial charge in [0, 0.05) is 28.9 Å². The Morgan fingerprint density at radius 2 is 2.10 bits per heavy atom. The Labute approximate surface area is 123 Å². The minimum atomic E-state index is -0.0245. The van der Waals surface area contributed by atoms with Gasteiger partial charge in [-0.25, -0.2) is 0 Å². The third kappa shape index (κ3) is 2.70. The van der Waals surface area contributed by atoms with Crippen LogP contribution in [0.1, 0.15) is 35.3 Å². The number of Topliss-reactive ketones (excluding diaryl/α,β-unsaturated/α-hetero) is 1. The molecule has 0 saturated heterocycles. The first-order valence-corrected chi connectivity index (χ1v) is 7.04. The van der Waals surface area contributed by atoms with Gasteiger partial charge in [0.25, 0.3) is 0 Å². The van der Waals surface area contributed by atoms with Crippen LogP contribution in [0.4, 0.5) is 11.4 Å². The molecule has 0 saturated carbocycles. The van der Waals surface area contributed by atoms with Crippen LogP contribution in [0.3, 0.4) is 0 Å². The van der Waals surface area contributed by atoms with Crippen LogP contribution in [0.5, 0.6) is 5.75 Å². The van der Waals surface area contributed by atoms with E-state index in [1.165, 1.54) is 6.92 Å². The van der Waals surface area contributed by atoms with Gasteiger partial charge in [0.15, 0.2) is 5.78 Å². The normalized spacial score (nSPS) is 16.7. The van der Waals surface area contributed by atoms with Gasteiger partial charge in [-0.05, 0) is 31.2 Å². The molecule has 1 aliphatic heterocycles. The van der Waals surface area contributed by atoms with E-state index in [1.807, 2.05) is 30.3 Å². The van der Waals surface area contributed by atoms with Crippen LogP contribution in [0.15, 0.2) is 42.5 Å². The monoisotopic (exact) mass is 282 g/mol. The Bertz CT molecular complexity index is 682. The molecule has 0 aliphatic carbocycles. The SMILES string of the molecule is CC(=O)c1cc(NC2CCOc3ccccc32)ccc1N. The number of hydrogen-bond acceptors (Lipinski definition) is 4. The summed E-state index contributed by atoms with van der Waals surface area (Å²) in [5.74, 6) is 0.895. The molecule has 1 atom stereocenters. The Balaban J connectivity index is 1.88. The zero-order chi connectivity index (χ0) is 14.8. The summed E-state index contributed by atoms with van der Waals surface area (Å²) < 4.78 is 5.66. The van der Waals surface area contributed by atoms with E-state index in [0.29, 0.717) is 17.9 Å². The number of anilines is 2. The predicted molar refractivity (Wildman–Crippen MR) is 83.8 cm³/mol. The van der Waals surface area contributed by atoms with Gasteiger partial charge in [-0.3, -0.25) is 4.79 Å². The number of rotatable bonds is 3. The summed E-state index contributed by atoms with van der Waals surface area (Å²) in [6.45, 7) is 2.21. The van der Waals surface area contributed by atoms with Crippen LogP contribution >= 0.6 is 0 Å². The van der Waals surface area contributed by atoms with Gasteiger partial charge in [-0.2, -0.15) is 0 Å². The lowest BCUT2D eigenvalue weighted by atomic mass is 10.00. The number of nitrogens with two attached hydrogens (primary N) is 1. The second kappa shape index (κ2) is 5.48. The van der Waals surface area contributed by atoms with Crippen molar-refractivity contribution in [3.8, 4) is 5.75 Å². The lowest BCUT2D eigenvalue weighted by Gasteiger charge is -2.27. The fourth-order valence-electron chi connectivity index (χ4n) is 2.64. The first-order valence-electron chi connectivity index (χ1n) is 7.04. The lowest BCUT2D eigenvalue weighted by Crippen LogP contribution is -2.20. The summed E-state index contributed by atoms with van der Waals surface area (Å²) in [4.78, 5) is 11.6. The van der Waals surface area contributed by atoms with Crippen molar-refractivity contribution < 1.29 is 9.53 Å². The number of nitrogens with one attached hydrogen (secondary N) is 1. The maximum absolute atomic E-state index is 11.6. The Hall–Kier alpha value is -2.49. The number of fused-ring (bicyclic) bond motifs is 1. The van der Waals surface area contributed by atoms with Gasteiger partial charge in [-0.15, -0.1) is 0 Å². The van der Waals surface area contributed by atoms with Crippen LogP contribution in [0.25, 0.3) is 0 Å². The van der Waals surface area contributed by atoms with Crippen molar-refractivity contribution in [2.45, 2.75) is 19.4 Å². The fraction of sp³-hybridized carbons (Fsp3) is 0.235. The van der Waals surface area contributed by atoms with Gasteiger partial charge in [0.1, 0.15) is 5.75 Å². The topological polar surface area (TPSA) is 64.3 Å². The first kappa shape index (κ1) is 13.5. The van der Waals surface area contributed by atoms with Crippen molar-refractivity contribution in [3.05, 3.63) is 53.6 Å². The van der Waals surface area contributed by atoms with Crippen LogP contribution < -0.4 is 15.8 Å². The second-order valence-electron chi connectivity index (χ2n) is 5.23. The summed E-state index contributed by atoms with van der Waals surface area (Å²) in [7, 11) is 0. The van der Waals surface area contributed by atoms with E-state index in [9.17, 15) is 4.79 Å². The molecule has 2 aromatic rings. The third-order valence-corrected chi connectivity index (χ3v) is 3.73. The molecule has 3 N–H and O–H groups in total. The third-order valence-electron chi connectivity index (χ3n) is 3.73. The van der Waals surface area contributed by atoms with Gasteiger partial charge < -0.3 is 15.8 Å². The molecule has 0 aromatic heterocycles. The zero-order valence-corrected chi connectivity index (χ0v) is 11.9. The highest BCUT2D eigenvalue weighted by Gasteiger charge is 2.21. The smallest absolute Gasteiger partial charge is 0.161 e. The molecule has 1 aliphatic rings. The van der Waals surface area contributed by atoms with Gasteiger partial charge in [-0.1, -0.05) is 18.2 Å². The minimum Gasteiger partial charge on any atom is -0.493 e. The molecule has 2 aromatic carbocycles. The predicted octanol–water partition coefficient (Wildman–Crippen LogP) is 3.41. The number of carbonyl (C=O) groups excluding carboxylic acids is 1. The summed E-state index contributed by atoms with van der Waals surface area (Å²) in [5, 5.41) is 3.47. The molecule has 3 rings (SSSR count). The van der Waals surface area contributed by atoms with Crippen molar-refractivity contribution in [3.63, 3.8) is 0 Å². The van der Waals surface area contributed by atoms with E-state index >= 15 is 0 Å². The molecule has 0 fully saturated rings. The average molecular weight is 282 g/mol. The number of carbonyl (C=O) groups is 1. The first-order chi connectivity index (χ1) is 10.1. The average Bonchev–Trinajstić information content (AvgIpc) is 2.49. The molecule has 0 amide bonds. The molecule has 0 spiro atoms. The molecule has 0 bridgehead atoms. The maximum Gasteiger partial charge on any atom is 0.161 e. The molecular formula is C17H18N2O2. The van der Waals surface area contributed by atoms with E-state index in [0.717, 1.165) is 23.4 Å². The second-order valence-corrected chi connectivity index (χ2v) is 5.23. The van der Waals surface area contributed by atoms with E-state index < -0.39 is 0 Å². The Morgan fingerprint density at radius 1 is 1.29 bits per heavy atom. The molecule has 0 radical (unpaired) electrons. The molecule has 1 heterocycles. The van der Waals surface area contributed by atoms with Crippen molar-refractivity contribution in [1.82, 2.24) is 0 Å². The summed E-state index contributed by atoms with van der Waals surface area (Å²) >= 11 is 0. The van der Waals surface area contributed by atoms with E-state index in [-0.39, 0.29) is 11.8 Å². The number of benzene rings is 2. The maximum atomic E-state index is 11.6. The zero-order valence-electron chi connectivity index (χ0n) is 11.9. The molecule has 21 heavy (non-hydrogen) atoms. The van der Waals surface area contributed by atoms with E-state index in [4.69, 9.17) is 10.5 Å². The highest BCUT2D eigenvalue weighted by molar-refractivity contribution is 6.00. The van der Waals surface area contributed by atoms with Crippen molar-refractivity contribution >= 4 is 17.2 Å². The largest absolute Gasteiger partial charge is 0.493 e. The highest BCUT2D eigenvalue weighted by Crippen LogP contribution is 2.34. The molecular weight excluding hydrogens is 264 g/mol. The molecule has 1 unspecified atom stereocenters. The number of nitrogen functional groups attached to an aromatic ring is 1.